The van der Waals surface area contributed by atoms with E-state index in [2.05, 4.69) is 20.2 Å². The van der Waals surface area contributed by atoms with Crippen LogP contribution < -0.4 is 10.2 Å². The fraction of sp³-hybridized carbons (Fsp3) is 0.667. The van der Waals surface area contributed by atoms with Crippen LogP contribution >= 0.6 is 0 Å². The molecule has 1 atom stereocenters. The first-order valence-electron chi connectivity index (χ1n) is 7.35. The summed E-state index contributed by atoms with van der Waals surface area (Å²) in [5.41, 5.74) is 0.511. The van der Waals surface area contributed by atoms with Crippen LogP contribution in [-0.4, -0.2) is 41.3 Å². The lowest BCUT2D eigenvalue weighted by Crippen LogP contribution is -2.36. The van der Waals surface area contributed by atoms with Crippen molar-refractivity contribution in [2.75, 3.05) is 24.5 Å². The van der Waals surface area contributed by atoms with Crippen molar-refractivity contribution < 1.29 is 9.53 Å². The third-order valence-electron chi connectivity index (χ3n) is 3.28. The first kappa shape index (κ1) is 15.5. The summed E-state index contributed by atoms with van der Waals surface area (Å²) >= 11 is 0. The van der Waals surface area contributed by atoms with Crippen molar-refractivity contribution in [3.8, 4) is 0 Å². The second-order valence-electron chi connectivity index (χ2n) is 6.48. The van der Waals surface area contributed by atoms with Gasteiger partial charge >= 0.3 is 6.09 Å². The van der Waals surface area contributed by atoms with Crippen molar-refractivity contribution in [2.24, 2.45) is 5.92 Å². The molecule has 0 bridgehead atoms. The van der Waals surface area contributed by atoms with Crippen LogP contribution in [0, 0.1) is 12.8 Å². The largest absolute Gasteiger partial charge is 0.444 e. The highest BCUT2D eigenvalue weighted by Gasteiger charge is 2.25. The number of amides is 1. The zero-order valence-electron chi connectivity index (χ0n) is 13.2. The molecule has 1 aromatic rings. The molecule has 2 rings (SSSR count). The van der Waals surface area contributed by atoms with E-state index in [-0.39, 0.29) is 6.09 Å². The van der Waals surface area contributed by atoms with Crippen molar-refractivity contribution in [1.82, 2.24) is 15.3 Å². The highest BCUT2D eigenvalue weighted by atomic mass is 16.6. The number of rotatable bonds is 3. The Morgan fingerprint density at radius 1 is 1.52 bits per heavy atom. The number of hydrogen-bond donors (Lipinski definition) is 1. The zero-order chi connectivity index (χ0) is 15.5. The maximum Gasteiger partial charge on any atom is 0.407 e. The topological polar surface area (TPSA) is 67.4 Å². The van der Waals surface area contributed by atoms with E-state index >= 15 is 0 Å². The van der Waals surface area contributed by atoms with Crippen molar-refractivity contribution in [3.63, 3.8) is 0 Å². The third kappa shape index (κ3) is 4.88. The van der Waals surface area contributed by atoms with Gasteiger partial charge in [0.05, 0.1) is 0 Å². The van der Waals surface area contributed by atoms with Crippen LogP contribution in [0.4, 0.5) is 10.7 Å². The average molecular weight is 292 g/mol. The highest BCUT2D eigenvalue weighted by molar-refractivity contribution is 5.67. The van der Waals surface area contributed by atoms with Crippen LogP contribution in [-0.2, 0) is 4.74 Å². The molecule has 1 N–H and O–H groups in total. The van der Waals surface area contributed by atoms with E-state index in [9.17, 15) is 4.79 Å². The second kappa shape index (κ2) is 6.28. The monoisotopic (exact) mass is 292 g/mol. The van der Waals surface area contributed by atoms with E-state index in [4.69, 9.17) is 4.74 Å². The first-order valence-corrected chi connectivity index (χ1v) is 7.35. The molecule has 1 aliphatic rings. The quantitative estimate of drug-likeness (QED) is 0.924. The number of hydrogen-bond acceptors (Lipinski definition) is 5. The summed E-state index contributed by atoms with van der Waals surface area (Å²) in [6.45, 7) is 9.94. The summed E-state index contributed by atoms with van der Waals surface area (Å²) in [6.07, 6.45) is 2.45. The molecule has 1 fully saturated rings. The third-order valence-corrected chi connectivity index (χ3v) is 3.28. The van der Waals surface area contributed by atoms with Crippen molar-refractivity contribution in [3.05, 3.63) is 18.0 Å². The fourth-order valence-corrected chi connectivity index (χ4v) is 2.31. The van der Waals surface area contributed by atoms with Gasteiger partial charge in [0.2, 0.25) is 5.95 Å². The molecule has 116 valence electrons. The van der Waals surface area contributed by atoms with Gasteiger partial charge in [-0.3, -0.25) is 0 Å². The Morgan fingerprint density at radius 3 is 2.95 bits per heavy atom. The van der Waals surface area contributed by atoms with Gasteiger partial charge in [0, 0.05) is 31.5 Å². The lowest BCUT2D eigenvalue weighted by Gasteiger charge is -2.21. The Kier molecular flexibility index (Phi) is 4.65. The maximum atomic E-state index is 11.6. The van der Waals surface area contributed by atoms with Gasteiger partial charge in [-0.25, -0.2) is 14.8 Å². The van der Waals surface area contributed by atoms with E-state index < -0.39 is 5.60 Å². The minimum Gasteiger partial charge on any atom is -0.444 e. The SMILES string of the molecule is Cc1ccnc(N2CCC(CNC(=O)OC(C)(C)C)C2)n1. The van der Waals surface area contributed by atoms with Gasteiger partial charge < -0.3 is 15.0 Å². The molecule has 6 heteroatoms. The number of nitrogens with one attached hydrogen (secondary N) is 1. The van der Waals surface area contributed by atoms with E-state index in [0.717, 1.165) is 31.2 Å². The zero-order valence-corrected chi connectivity index (χ0v) is 13.2. The van der Waals surface area contributed by atoms with Crippen LogP contribution in [0.15, 0.2) is 12.3 Å². The number of nitrogens with zero attached hydrogens (tertiary/aromatic N) is 3. The van der Waals surface area contributed by atoms with E-state index in [1.54, 1.807) is 6.20 Å². The van der Waals surface area contributed by atoms with Crippen LogP contribution in [0.2, 0.25) is 0 Å². The first-order chi connectivity index (χ1) is 9.83. The molecule has 0 aromatic carbocycles. The molecule has 21 heavy (non-hydrogen) atoms. The van der Waals surface area contributed by atoms with E-state index in [0.29, 0.717) is 12.5 Å². The fourth-order valence-electron chi connectivity index (χ4n) is 2.31. The molecular formula is C15H24N4O2. The maximum absolute atomic E-state index is 11.6. The predicted molar refractivity (Wildman–Crippen MR) is 81.3 cm³/mol. The average Bonchev–Trinajstić information content (AvgIpc) is 2.83. The Morgan fingerprint density at radius 2 is 2.29 bits per heavy atom. The molecule has 1 unspecified atom stereocenters. The second-order valence-corrected chi connectivity index (χ2v) is 6.48. The van der Waals surface area contributed by atoms with E-state index in [1.807, 2.05) is 33.8 Å². The highest BCUT2D eigenvalue weighted by Crippen LogP contribution is 2.20. The standard InChI is InChI=1S/C15H24N4O2/c1-11-5-7-16-13(18-11)19-8-6-12(10-19)9-17-14(20)21-15(2,3)4/h5,7,12H,6,8-10H2,1-4H3,(H,17,20). The van der Waals surface area contributed by atoms with Crippen molar-refractivity contribution >= 4 is 12.0 Å². The number of ether oxygens (including phenoxy) is 1. The normalized spacial score (nSPS) is 18.7. The van der Waals surface area contributed by atoms with Gasteiger partial charge in [0.25, 0.3) is 0 Å². The summed E-state index contributed by atoms with van der Waals surface area (Å²) in [5, 5.41) is 2.84. The minimum absolute atomic E-state index is 0.354. The number of carbonyl (C=O) groups excluding carboxylic acids is 1. The number of aromatic nitrogens is 2. The predicted octanol–water partition coefficient (Wildman–Crippen LogP) is 2.14. The molecule has 1 aromatic heterocycles. The number of aryl methyl sites for hydroxylation is 1. The molecule has 1 saturated heterocycles. The Balaban J connectivity index is 1.79. The minimum atomic E-state index is -0.457. The summed E-state index contributed by atoms with van der Waals surface area (Å²) < 4.78 is 5.24. The van der Waals surface area contributed by atoms with Gasteiger partial charge in [0.1, 0.15) is 5.60 Å². The molecule has 2 heterocycles. The lowest BCUT2D eigenvalue weighted by atomic mass is 10.1. The van der Waals surface area contributed by atoms with Crippen molar-refractivity contribution in [1.29, 1.82) is 0 Å². The van der Waals surface area contributed by atoms with Crippen LogP contribution in [0.5, 0.6) is 0 Å². The van der Waals surface area contributed by atoms with Gasteiger partial charge in [0.15, 0.2) is 0 Å². The van der Waals surface area contributed by atoms with Crippen LogP contribution in [0.3, 0.4) is 0 Å². The number of carbonyl (C=O) groups is 1. The molecule has 6 nitrogen and oxygen atoms in total. The summed E-state index contributed by atoms with van der Waals surface area (Å²) in [5.74, 6) is 1.18. The molecule has 0 saturated carbocycles. The van der Waals surface area contributed by atoms with Gasteiger partial charge in [-0.05, 0) is 46.1 Å². The molecule has 0 spiro atoms. The van der Waals surface area contributed by atoms with Gasteiger partial charge in [-0.1, -0.05) is 0 Å². The van der Waals surface area contributed by atoms with Crippen LogP contribution in [0.1, 0.15) is 32.9 Å². The number of alkyl carbamates (subject to hydrolysis) is 1. The summed E-state index contributed by atoms with van der Waals surface area (Å²) in [4.78, 5) is 22.5. The Bertz CT molecular complexity index is 499. The van der Waals surface area contributed by atoms with Gasteiger partial charge in [-0.2, -0.15) is 0 Å². The summed E-state index contributed by atoms with van der Waals surface area (Å²) in [6, 6.07) is 1.89. The summed E-state index contributed by atoms with van der Waals surface area (Å²) in [7, 11) is 0. The molecule has 1 amide bonds. The van der Waals surface area contributed by atoms with Gasteiger partial charge in [-0.15, -0.1) is 0 Å². The number of anilines is 1. The van der Waals surface area contributed by atoms with Crippen molar-refractivity contribution in [2.45, 2.75) is 39.7 Å². The smallest absolute Gasteiger partial charge is 0.407 e. The lowest BCUT2D eigenvalue weighted by molar-refractivity contribution is 0.0520. The molecule has 0 radical (unpaired) electrons. The van der Waals surface area contributed by atoms with E-state index in [1.165, 1.54) is 0 Å². The molecule has 1 aliphatic heterocycles. The molecular weight excluding hydrogens is 268 g/mol. The Labute approximate surface area is 125 Å². The molecule has 0 aliphatic carbocycles. The Hall–Kier alpha value is -1.85. The van der Waals surface area contributed by atoms with Crippen LogP contribution in [0.25, 0.3) is 0 Å².